The number of fused-ring (bicyclic) bond motifs is 1. The Kier molecular flexibility index (Phi) is 2.86. The highest BCUT2D eigenvalue weighted by molar-refractivity contribution is 7.90. The van der Waals surface area contributed by atoms with Crippen LogP contribution in [-0.2, 0) is 9.84 Å². The van der Waals surface area contributed by atoms with E-state index in [0.717, 1.165) is 11.2 Å². The molecule has 1 heterocycles. The Labute approximate surface area is 104 Å². The molecule has 7 heteroatoms. The summed E-state index contributed by atoms with van der Waals surface area (Å²) in [4.78, 5) is 24.8. The van der Waals surface area contributed by atoms with Gasteiger partial charge in [0.1, 0.15) is 9.84 Å². The molecule has 2 N–H and O–H groups in total. The topological polar surface area (TPSA) is 97.5 Å². The average Bonchev–Trinajstić information content (AvgIpc) is 2.48. The summed E-state index contributed by atoms with van der Waals surface area (Å²) >= 11 is 0. The van der Waals surface area contributed by atoms with Gasteiger partial charge < -0.3 is 5.73 Å². The van der Waals surface area contributed by atoms with Gasteiger partial charge in [-0.1, -0.05) is 0 Å². The van der Waals surface area contributed by atoms with Gasteiger partial charge in [-0.3, -0.25) is 14.5 Å². The van der Waals surface area contributed by atoms with Crippen molar-refractivity contribution in [2.75, 3.05) is 24.3 Å². The Morgan fingerprint density at radius 1 is 1.17 bits per heavy atom. The van der Waals surface area contributed by atoms with Crippen molar-refractivity contribution in [1.29, 1.82) is 0 Å². The highest BCUT2D eigenvalue weighted by atomic mass is 32.2. The summed E-state index contributed by atoms with van der Waals surface area (Å²) in [7, 11) is -3.22. The third kappa shape index (κ3) is 2.21. The first-order valence-corrected chi connectivity index (χ1v) is 7.29. The van der Waals surface area contributed by atoms with Crippen molar-refractivity contribution in [3.63, 3.8) is 0 Å². The fourth-order valence-electron chi connectivity index (χ4n) is 1.77. The number of nitrogen functional groups attached to an aromatic ring is 1. The molecule has 0 radical (unpaired) electrons. The van der Waals surface area contributed by atoms with Crippen molar-refractivity contribution >= 4 is 27.3 Å². The van der Waals surface area contributed by atoms with Gasteiger partial charge in [0.2, 0.25) is 0 Å². The number of amides is 2. The molecule has 0 fully saturated rings. The maximum Gasteiger partial charge on any atom is 0.261 e. The van der Waals surface area contributed by atoms with Crippen LogP contribution in [0.1, 0.15) is 20.7 Å². The Hall–Kier alpha value is -1.89. The third-order valence-corrected chi connectivity index (χ3v) is 3.60. The van der Waals surface area contributed by atoms with Gasteiger partial charge in [-0.15, -0.1) is 0 Å². The lowest BCUT2D eigenvalue weighted by Crippen LogP contribution is -2.34. The Morgan fingerprint density at radius 2 is 1.78 bits per heavy atom. The number of hydrogen-bond donors (Lipinski definition) is 1. The second-order valence-electron chi connectivity index (χ2n) is 4.20. The molecule has 18 heavy (non-hydrogen) atoms. The number of sulfone groups is 1. The van der Waals surface area contributed by atoms with Crippen LogP contribution in [0.4, 0.5) is 5.69 Å². The van der Waals surface area contributed by atoms with E-state index in [1.165, 1.54) is 18.2 Å². The molecule has 1 aliphatic heterocycles. The van der Waals surface area contributed by atoms with E-state index in [9.17, 15) is 18.0 Å². The first-order chi connectivity index (χ1) is 8.29. The molecule has 1 aromatic rings. The molecule has 0 saturated heterocycles. The van der Waals surface area contributed by atoms with Crippen LogP contribution >= 0.6 is 0 Å². The van der Waals surface area contributed by atoms with Crippen molar-refractivity contribution in [2.24, 2.45) is 0 Å². The number of benzene rings is 1. The van der Waals surface area contributed by atoms with E-state index in [1.54, 1.807) is 0 Å². The van der Waals surface area contributed by atoms with Crippen molar-refractivity contribution in [3.8, 4) is 0 Å². The van der Waals surface area contributed by atoms with E-state index >= 15 is 0 Å². The Bertz CT molecular complexity index is 636. The second-order valence-corrected chi connectivity index (χ2v) is 6.46. The molecule has 0 aromatic heterocycles. The molecule has 0 aliphatic carbocycles. The number of nitrogens with zero attached hydrogens (tertiary/aromatic N) is 1. The molecule has 1 aromatic carbocycles. The monoisotopic (exact) mass is 268 g/mol. The highest BCUT2D eigenvalue weighted by Gasteiger charge is 2.35. The quantitative estimate of drug-likeness (QED) is 0.610. The van der Waals surface area contributed by atoms with Crippen LogP contribution in [0.2, 0.25) is 0 Å². The van der Waals surface area contributed by atoms with Crippen LogP contribution in [0.15, 0.2) is 18.2 Å². The highest BCUT2D eigenvalue weighted by Crippen LogP contribution is 2.24. The summed E-state index contributed by atoms with van der Waals surface area (Å²) in [6.07, 6.45) is 1.06. The van der Waals surface area contributed by atoms with Gasteiger partial charge in [0, 0.05) is 18.5 Å². The second kappa shape index (κ2) is 4.09. The summed E-state index contributed by atoms with van der Waals surface area (Å²) in [5.74, 6) is -1.21. The van der Waals surface area contributed by atoms with Crippen LogP contribution in [0.25, 0.3) is 0 Å². The van der Waals surface area contributed by atoms with E-state index in [4.69, 9.17) is 5.73 Å². The molecular formula is C11H12N2O4S. The zero-order valence-corrected chi connectivity index (χ0v) is 10.5. The fourth-order valence-corrected chi connectivity index (χ4v) is 2.28. The lowest BCUT2D eigenvalue weighted by atomic mass is 10.1. The minimum absolute atomic E-state index is 0.134. The SMILES string of the molecule is CS(=O)(=O)CCN1C(=O)c2ccc(N)cc2C1=O. The normalized spacial score (nSPS) is 15.1. The number of carbonyl (C=O) groups excluding carboxylic acids is 2. The number of nitrogens with two attached hydrogens (primary N) is 1. The van der Waals surface area contributed by atoms with E-state index in [1.807, 2.05) is 0 Å². The van der Waals surface area contributed by atoms with Gasteiger partial charge in [-0.25, -0.2) is 8.42 Å². The van der Waals surface area contributed by atoms with Gasteiger partial charge >= 0.3 is 0 Å². The van der Waals surface area contributed by atoms with E-state index in [-0.39, 0.29) is 23.4 Å². The van der Waals surface area contributed by atoms with Crippen molar-refractivity contribution in [1.82, 2.24) is 4.90 Å². The molecule has 6 nitrogen and oxygen atoms in total. The standard InChI is InChI=1S/C11H12N2O4S/c1-18(16,17)5-4-13-10(14)8-3-2-7(12)6-9(8)11(13)15/h2-3,6H,4-5,12H2,1H3. The zero-order chi connectivity index (χ0) is 13.5. The molecule has 96 valence electrons. The maximum absolute atomic E-state index is 11.9. The van der Waals surface area contributed by atoms with Gasteiger partial charge in [-0.05, 0) is 18.2 Å². The predicted molar refractivity (Wildman–Crippen MR) is 65.9 cm³/mol. The Balaban J connectivity index is 2.29. The minimum atomic E-state index is -3.22. The van der Waals surface area contributed by atoms with Crippen molar-refractivity contribution in [3.05, 3.63) is 29.3 Å². The molecule has 0 unspecified atom stereocenters. The van der Waals surface area contributed by atoms with Crippen LogP contribution in [0.3, 0.4) is 0 Å². The van der Waals surface area contributed by atoms with E-state index in [0.29, 0.717) is 5.69 Å². The van der Waals surface area contributed by atoms with Crippen molar-refractivity contribution < 1.29 is 18.0 Å². The Morgan fingerprint density at radius 3 is 2.39 bits per heavy atom. The molecule has 0 saturated carbocycles. The van der Waals surface area contributed by atoms with Gasteiger partial charge in [0.25, 0.3) is 11.8 Å². The first-order valence-electron chi connectivity index (χ1n) is 5.23. The van der Waals surface area contributed by atoms with Gasteiger partial charge in [0.05, 0.1) is 16.9 Å². The summed E-state index contributed by atoms with van der Waals surface area (Å²) in [5, 5.41) is 0. The van der Waals surface area contributed by atoms with Crippen LogP contribution in [0.5, 0.6) is 0 Å². The first kappa shape index (κ1) is 12.6. The molecule has 0 spiro atoms. The maximum atomic E-state index is 11.9. The lowest BCUT2D eigenvalue weighted by Gasteiger charge is -2.12. The fraction of sp³-hybridized carbons (Fsp3) is 0.273. The summed E-state index contributed by atoms with van der Waals surface area (Å²) in [5.41, 5.74) is 6.43. The molecule has 1 aliphatic rings. The summed E-state index contributed by atoms with van der Waals surface area (Å²) in [6, 6.07) is 4.44. The van der Waals surface area contributed by atoms with Crippen LogP contribution in [0, 0.1) is 0 Å². The smallest absolute Gasteiger partial charge is 0.261 e. The van der Waals surface area contributed by atoms with Gasteiger partial charge in [-0.2, -0.15) is 0 Å². The lowest BCUT2D eigenvalue weighted by molar-refractivity contribution is 0.0664. The molecule has 0 bridgehead atoms. The summed E-state index contributed by atoms with van der Waals surface area (Å²) in [6.45, 7) is -0.134. The molecule has 2 rings (SSSR count). The number of imide groups is 1. The van der Waals surface area contributed by atoms with E-state index in [2.05, 4.69) is 0 Å². The summed E-state index contributed by atoms with van der Waals surface area (Å²) < 4.78 is 22.1. The molecule has 2 amide bonds. The number of anilines is 1. The number of carbonyl (C=O) groups is 2. The third-order valence-electron chi connectivity index (χ3n) is 2.68. The minimum Gasteiger partial charge on any atom is -0.399 e. The van der Waals surface area contributed by atoms with E-state index < -0.39 is 21.7 Å². The largest absolute Gasteiger partial charge is 0.399 e. The van der Waals surface area contributed by atoms with Gasteiger partial charge in [0.15, 0.2) is 0 Å². The predicted octanol–water partition coefficient (Wildman–Crippen LogP) is -0.0906. The number of rotatable bonds is 3. The van der Waals surface area contributed by atoms with Crippen molar-refractivity contribution in [2.45, 2.75) is 0 Å². The average molecular weight is 268 g/mol. The number of hydrogen-bond acceptors (Lipinski definition) is 5. The zero-order valence-electron chi connectivity index (χ0n) is 9.71. The molecule has 0 atom stereocenters. The van der Waals surface area contributed by atoms with Crippen LogP contribution in [-0.4, -0.2) is 43.7 Å². The van der Waals surface area contributed by atoms with Crippen LogP contribution < -0.4 is 5.73 Å². The molecular weight excluding hydrogens is 256 g/mol.